The standard InChI is InChI=1S/C16H15IN4O2S/c1-2-21-15(13-4-3-9-23-13)19-20-16(21)24-10-14(22)18-12-7-5-11(17)6-8-12/h3-9H,2,10H2,1H3,(H,18,22). The van der Waals surface area contributed by atoms with Crippen molar-refractivity contribution in [1.82, 2.24) is 14.8 Å². The average Bonchev–Trinajstić information content (AvgIpc) is 3.23. The van der Waals surface area contributed by atoms with E-state index in [4.69, 9.17) is 4.42 Å². The summed E-state index contributed by atoms with van der Waals surface area (Å²) in [7, 11) is 0. The first-order valence-corrected chi connectivity index (χ1v) is 9.39. The van der Waals surface area contributed by atoms with Crippen LogP contribution < -0.4 is 5.32 Å². The average molecular weight is 454 g/mol. The van der Waals surface area contributed by atoms with E-state index in [-0.39, 0.29) is 11.7 Å². The number of anilines is 1. The molecule has 0 atom stereocenters. The van der Waals surface area contributed by atoms with Gasteiger partial charge in [0.15, 0.2) is 16.7 Å². The van der Waals surface area contributed by atoms with Gasteiger partial charge >= 0.3 is 0 Å². The van der Waals surface area contributed by atoms with E-state index in [0.717, 1.165) is 9.26 Å². The van der Waals surface area contributed by atoms with E-state index < -0.39 is 0 Å². The number of furan rings is 1. The summed E-state index contributed by atoms with van der Waals surface area (Å²) in [6.45, 7) is 2.70. The zero-order valence-corrected chi connectivity index (χ0v) is 15.9. The number of aromatic nitrogens is 3. The molecule has 1 amide bonds. The van der Waals surface area contributed by atoms with Gasteiger partial charge in [-0.1, -0.05) is 11.8 Å². The molecule has 8 heteroatoms. The number of benzene rings is 1. The number of hydrogen-bond donors (Lipinski definition) is 1. The van der Waals surface area contributed by atoms with Crippen LogP contribution in [0.3, 0.4) is 0 Å². The van der Waals surface area contributed by atoms with Gasteiger partial charge in [-0.15, -0.1) is 10.2 Å². The SMILES string of the molecule is CCn1c(SCC(=O)Nc2ccc(I)cc2)nnc1-c1ccco1. The highest BCUT2D eigenvalue weighted by atomic mass is 127. The number of carbonyl (C=O) groups excluding carboxylic acids is 1. The number of thioether (sulfide) groups is 1. The fraction of sp³-hybridized carbons (Fsp3) is 0.188. The fourth-order valence-corrected chi connectivity index (χ4v) is 3.29. The molecule has 0 bridgehead atoms. The third kappa shape index (κ3) is 3.99. The molecule has 0 unspecified atom stereocenters. The Balaban J connectivity index is 1.64. The van der Waals surface area contributed by atoms with Gasteiger partial charge in [-0.05, 0) is 65.9 Å². The Bertz CT molecular complexity index is 815. The molecule has 1 N–H and O–H groups in total. The molecular weight excluding hydrogens is 439 g/mol. The molecular formula is C16H15IN4O2S. The van der Waals surface area contributed by atoms with Crippen LogP contribution in [0.1, 0.15) is 6.92 Å². The molecule has 24 heavy (non-hydrogen) atoms. The number of rotatable bonds is 6. The summed E-state index contributed by atoms with van der Waals surface area (Å²) < 4.78 is 8.44. The molecule has 0 spiro atoms. The Hall–Kier alpha value is -1.81. The van der Waals surface area contributed by atoms with Gasteiger partial charge in [0.2, 0.25) is 5.91 Å². The van der Waals surface area contributed by atoms with Gasteiger partial charge in [0.25, 0.3) is 0 Å². The molecule has 0 aliphatic carbocycles. The molecule has 2 heterocycles. The lowest BCUT2D eigenvalue weighted by Gasteiger charge is -2.07. The number of nitrogens with one attached hydrogen (secondary N) is 1. The van der Waals surface area contributed by atoms with Gasteiger partial charge in [-0.25, -0.2) is 0 Å². The van der Waals surface area contributed by atoms with Gasteiger partial charge in [0, 0.05) is 15.8 Å². The second kappa shape index (κ2) is 7.84. The molecule has 0 saturated heterocycles. The highest BCUT2D eigenvalue weighted by Crippen LogP contribution is 2.24. The molecule has 0 fully saturated rings. The van der Waals surface area contributed by atoms with Crippen LogP contribution in [0.15, 0.2) is 52.2 Å². The first-order chi connectivity index (χ1) is 11.7. The van der Waals surface area contributed by atoms with Gasteiger partial charge < -0.3 is 9.73 Å². The lowest BCUT2D eigenvalue weighted by Crippen LogP contribution is -2.14. The van der Waals surface area contributed by atoms with Crippen molar-refractivity contribution in [1.29, 1.82) is 0 Å². The summed E-state index contributed by atoms with van der Waals surface area (Å²) in [5.41, 5.74) is 0.786. The topological polar surface area (TPSA) is 73.0 Å². The fourth-order valence-electron chi connectivity index (χ4n) is 2.13. The van der Waals surface area contributed by atoms with Crippen molar-refractivity contribution < 1.29 is 9.21 Å². The van der Waals surface area contributed by atoms with Crippen LogP contribution in [0.2, 0.25) is 0 Å². The highest BCUT2D eigenvalue weighted by molar-refractivity contribution is 14.1. The summed E-state index contributed by atoms with van der Waals surface area (Å²) in [4.78, 5) is 12.1. The minimum atomic E-state index is -0.0774. The predicted octanol–water partition coefficient (Wildman–Crippen LogP) is 3.89. The number of halogens is 1. The zero-order valence-electron chi connectivity index (χ0n) is 12.9. The Morgan fingerprint density at radius 2 is 2.08 bits per heavy atom. The van der Waals surface area contributed by atoms with Crippen LogP contribution >= 0.6 is 34.4 Å². The highest BCUT2D eigenvalue weighted by Gasteiger charge is 2.16. The maximum absolute atomic E-state index is 12.1. The molecule has 1 aromatic carbocycles. The zero-order chi connectivity index (χ0) is 16.9. The van der Waals surface area contributed by atoms with Gasteiger partial charge in [0.1, 0.15) is 0 Å². The Morgan fingerprint density at radius 1 is 1.29 bits per heavy atom. The van der Waals surface area contributed by atoms with E-state index in [1.54, 1.807) is 6.26 Å². The summed E-state index contributed by atoms with van der Waals surface area (Å²) >= 11 is 3.58. The lowest BCUT2D eigenvalue weighted by molar-refractivity contribution is -0.113. The smallest absolute Gasteiger partial charge is 0.234 e. The van der Waals surface area contributed by atoms with E-state index in [0.29, 0.717) is 23.3 Å². The van der Waals surface area contributed by atoms with Crippen LogP contribution in [0, 0.1) is 3.57 Å². The second-order valence-electron chi connectivity index (χ2n) is 4.87. The number of nitrogens with zero attached hydrogens (tertiary/aromatic N) is 3. The van der Waals surface area contributed by atoms with Gasteiger partial charge in [0.05, 0.1) is 12.0 Å². The predicted molar refractivity (Wildman–Crippen MR) is 102 cm³/mol. The number of amides is 1. The third-order valence-corrected chi connectivity index (χ3v) is 4.92. The quantitative estimate of drug-likeness (QED) is 0.452. The lowest BCUT2D eigenvalue weighted by atomic mass is 10.3. The molecule has 6 nitrogen and oxygen atoms in total. The van der Waals surface area contributed by atoms with Crippen LogP contribution in [-0.2, 0) is 11.3 Å². The molecule has 3 rings (SSSR count). The maximum Gasteiger partial charge on any atom is 0.234 e. The number of carbonyl (C=O) groups is 1. The maximum atomic E-state index is 12.1. The molecule has 3 aromatic rings. The van der Waals surface area contributed by atoms with Crippen LogP contribution in [0.5, 0.6) is 0 Å². The van der Waals surface area contributed by atoms with Crippen molar-refractivity contribution in [2.75, 3.05) is 11.1 Å². The largest absolute Gasteiger partial charge is 0.461 e. The molecule has 0 aliphatic rings. The number of hydrogen-bond acceptors (Lipinski definition) is 5. The first kappa shape index (κ1) is 17.0. The Kier molecular flexibility index (Phi) is 5.56. The van der Waals surface area contributed by atoms with E-state index in [9.17, 15) is 4.79 Å². The van der Waals surface area contributed by atoms with Crippen molar-refractivity contribution in [3.8, 4) is 11.6 Å². The van der Waals surface area contributed by atoms with E-state index in [2.05, 4.69) is 38.1 Å². The minimum absolute atomic E-state index is 0.0774. The van der Waals surface area contributed by atoms with E-state index in [1.807, 2.05) is 47.9 Å². The van der Waals surface area contributed by atoms with Crippen LogP contribution in [0.4, 0.5) is 5.69 Å². The minimum Gasteiger partial charge on any atom is -0.461 e. The van der Waals surface area contributed by atoms with Crippen molar-refractivity contribution >= 4 is 45.9 Å². The van der Waals surface area contributed by atoms with E-state index in [1.165, 1.54) is 11.8 Å². The van der Waals surface area contributed by atoms with Crippen molar-refractivity contribution in [3.63, 3.8) is 0 Å². The first-order valence-electron chi connectivity index (χ1n) is 7.32. The summed E-state index contributed by atoms with van der Waals surface area (Å²) in [6.07, 6.45) is 1.60. The third-order valence-electron chi connectivity index (χ3n) is 3.23. The molecule has 0 saturated carbocycles. The van der Waals surface area contributed by atoms with E-state index >= 15 is 0 Å². The molecule has 0 aliphatic heterocycles. The summed E-state index contributed by atoms with van der Waals surface area (Å²) in [6, 6.07) is 11.3. The van der Waals surface area contributed by atoms with Gasteiger partial charge in [-0.2, -0.15) is 0 Å². The Morgan fingerprint density at radius 3 is 2.75 bits per heavy atom. The summed E-state index contributed by atoms with van der Waals surface area (Å²) in [5.74, 6) is 1.52. The van der Waals surface area contributed by atoms with Crippen molar-refractivity contribution in [2.45, 2.75) is 18.6 Å². The molecule has 124 valence electrons. The Labute approximate surface area is 157 Å². The van der Waals surface area contributed by atoms with Gasteiger partial charge in [-0.3, -0.25) is 9.36 Å². The van der Waals surface area contributed by atoms with Crippen molar-refractivity contribution in [3.05, 3.63) is 46.2 Å². The molecule has 2 aromatic heterocycles. The second-order valence-corrected chi connectivity index (χ2v) is 7.06. The normalized spacial score (nSPS) is 10.8. The van der Waals surface area contributed by atoms with Crippen LogP contribution in [-0.4, -0.2) is 26.4 Å². The summed E-state index contributed by atoms with van der Waals surface area (Å²) in [5, 5.41) is 11.9. The monoisotopic (exact) mass is 454 g/mol. The molecule has 0 radical (unpaired) electrons. The van der Waals surface area contributed by atoms with Crippen LogP contribution in [0.25, 0.3) is 11.6 Å². The van der Waals surface area contributed by atoms with Crippen molar-refractivity contribution in [2.24, 2.45) is 0 Å².